The van der Waals surface area contributed by atoms with E-state index in [1.54, 1.807) is 7.11 Å². The fourth-order valence-electron chi connectivity index (χ4n) is 3.19. The van der Waals surface area contributed by atoms with E-state index in [1.165, 1.54) is 0 Å². The van der Waals surface area contributed by atoms with Gasteiger partial charge in [0.05, 0.1) is 7.11 Å². The second kappa shape index (κ2) is 10.8. The van der Waals surface area contributed by atoms with E-state index >= 15 is 0 Å². The van der Waals surface area contributed by atoms with Crippen molar-refractivity contribution in [2.45, 2.75) is 32.1 Å². The molecule has 0 aromatic heterocycles. The molecule has 0 aliphatic carbocycles. The molecule has 0 atom stereocenters. The summed E-state index contributed by atoms with van der Waals surface area (Å²) in [5.41, 5.74) is 1.13. The minimum Gasteiger partial charge on any atom is -0.497 e. The molecule has 2 rings (SSSR count). The Hall–Kier alpha value is -2.08. The first-order chi connectivity index (χ1) is 12.6. The van der Waals surface area contributed by atoms with E-state index < -0.39 is 0 Å². The van der Waals surface area contributed by atoms with E-state index in [4.69, 9.17) is 4.74 Å². The van der Waals surface area contributed by atoms with Crippen molar-refractivity contribution in [2.75, 3.05) is 46.9 Å². The topological polar surface area (TPSA) is 61.9 Å². The van der Waals surface area contributed by atoms with Crippen molar-refractivity contribution in [3.63, 3.8) is 0 Å². The van der Waals surface area contributed by atoms with Crippen molar-refractivity contribution in [2.24, 2.45) is 0 Å². The minimum atomic E-state index is 0.172. The number of benzene rings is 1. The number of carbonyl (C=O) groups excluding carboxylic acids is 2. The van der Waals surface area contributed by atoms with Gasteiger partial charge in [-0.3, -0.25) is 9.59 Å². The Bertz CT molecular complexity index is 574. The molecule has 144 valence electrons. The van der Waals surface area contributed by atoms with Crippen molar-refractivity contribution in [3.05, 3.63) is 29.8 Å². The summed E-state index contributed by atoms with van der Waals surface area (Å²) in [6.45, 7) is 3.63. The molecule has 1 N–H and O–H groups in total. The molecule has 1 fully saturated rings. The normalized spacial score (nSPS) is 14.8. The van der Waals surface area contributed by atoms with Gasteiger partial charge in [-0.25, -0.2) is 0 Å². The standard InChI is InChI=1S/C20H31N3O3/c1-21-12-3-5-19(24)22-13-4-14-23(16-15-22)20(25)11-8-17-6-9-18(26-2)10-7-17/h6-7,9-10,21H,3-5,8,11-16H2,1-2H3. The number of amides is 2. The van der Waals surface area contributed by atoms with Crippen LogP contribution in [0.3, 0.4) is 0 Å². The molecule has 0 unspecified atom stereocenters. The summed E-state index contributed by atoms with van der Waals surface area (Å²) < 4.78 is 5.15. The zero-order chi connectivity index (χ0) is 18.8. The first kappa shape index (κ1) is 20.2. The van der Waals surface area contributed by atoms with Crippen LogP contribution in [0.2, 0.25) is 0 Å². The summed E-state index contributed by atoms with van der Waals surface area (Å²) in [6.07, 6.45) is 3.52. The molecule has 1 aromatic rings. The molecule has 1 aliphatic rings. The Balaban J connectivity index is 1.76. The molecule has 0 saturated carbocycles. The van der Waals surface area contributed by atoms with Gasteiger partial charge in [0.1, 0.15) is 5.75 Å². The zero-order valence-electron chi connectivity index (χ0n) is 16.0. The lowest BCUT2D eigenvalue weighted by atomic mass is 10.1. The highest BCUT2D eigenvalue weighted by Crippen LogP contribution is 2.14. The third-order valence-electron chi connectivity index (χ3n) is 4.81. The highest BCUT2D eigenvalue weighted by atomic mass is 16.5. The highest BCUT2D eigenvalue weighted by molar-refractivity contribution is 5.78. The Kier molecular flexibility index (Phi) is 8.41. The van der Waals surface area contributed by atoms with Gasteiger partial charge in [-0.05, 0) is 50.6 Å². The molecule has 1 aliphatic heterocycles. The average Bonchev–Trinajstić information content (AvgIpc) is 2.93. The molecule has 6 heteroatoms. The summed E-state index contributed by atoms with van der Waals surface area (Å²) in [7, 11) is 3.54. The summed E-state index contributed by atoms with van der Waals surface area (Å²) in [6, 6.07) is 7.84. The van der Waals surface area contributed by atoms with E-state index in [0.29, 0.717) is 25.9 Å². The lowest BCUT2D eigenvalue weighted by Gasteiger charge is -2.22. The summed E-state index contributed by atoms with van der Waals surface area (Å²) in [4.78, 5) is 28.6. The van der Waals surface area contributed by atoms with Gasteiger partial charge in [-0.2, -0.15) is 0 Å². The maximum atomic E-state index is 12.5. The van der Waals surface area contributed by atoms with Crippen molar-refractivity contribution >= 4 is 11.8 Å². The molecule has 1 saturated heterocycles. The fourth-order valence-corrected chi connectivity index (χ4v) is 3.19. The molecule has 6 nitrogen and oxygen atoms in total. The van der Waals surface area contributed by atoms with Gasteiger partial charge in [0, 0.05) is 39.0 Å². The lowest BCUT2D eigenvalue weighted by Crippen LogP contribution is -2.37. The molecule has 2 amide bonds. The van der Waals surface area contributed by atoms with Gasteiger partial charge in [-0.1, -0.05) is 12.1 Å². The Morgan fingerprint density at radius 2 is 1.62 bits per heavy atom. The minimum absolute atomic E-state index is 0.172. The number of methoxy groups -OCH3 is 1. The van der Waals surface area contributed by atoms with Crippen molar-refractivity contribution in [3.8, 4) is 5.75 Å². The third kappa shape index (κ3) is 6.33. The summed E-state index contributed by atoms with van der Waals surface area (Å²) in [5, 5.41) is 3.06. The number of aryl methyl sites for hydroxylation is 1. The number of hydrogen-bond donors (Lipinski definition) is 1. The maximum absolute atomic E-state index is 12.5. The van der Waals surface area contributed by atoms with Gasteiger partial charge in [0.25, 0.3) is 0 Å². The van der Waals surface area contributed by atoms with E-state index in [0.717, 1.165) is 50.2 Å². The first-order valence-electron chi connectivity index (χ1n) is 9.47. The van der Waals surface area contributed by atoms with Gasteiger partial charge in [-0.15, -0.1) is 0 Å². The predicted octanol–water partition coefficient (Wildman–Crippen LogP) is 1.69. The van der Waals surface area contributed by atoms with Gasteiger partial charge in [0.2, 0.25) is 11.8 Å². The quantitative estimate of drug-likeness (QED) is 0.716. The number of carbonyl (C=O) groups is 2. The fraction of sp³-hybridized carbons (Fsp3) is 0.600. The lowest BCUT2D eigenvalue weighted by molar-refractivity contribution is -0.133. The van der Waals surface area contributed by atoms with Crippen molar-refractivity contribution in [1.29, 1.82) is 0 Å². The highest BCUT2D eigenvalue weighted by Gasteiger charge is 2.21. The van der Waals surface area contributed by atoms with Crippen LogP contribution in [0.4, 0.5) is 0 Å². The van der Waals surface area contributed by atoms with Crippen LogP contribution in [0.25, 0.3) is 0 Å². The molecular formula is C20H31N3O3. The van der Waals surface area contributed by atoms with Crippen LogP contribution in [0.5, 0.6) is 5.75 Å². The maximum Gasteiger partial charge on any atom is 0.222 e. The van der Waals surface area contributed by atoms with Gasteiger partial charge in [0.15, 0.2) is 0 Å². The monoisotopic (exact) mass is 361 g/mol. The predicted molar refractivity (Wildman–Crippen MR) is 102 cm³/mol. The van der Waals surface area contributed by atoms with Crippen LogP contribution in [0.1, 0.15) is 31.2 Å². The Labute approximate surface area is 156 Å². The number of nitrogens with zero attached hydrogens (tertiary/aromatic N) is 2. The van der Waals surface area contributed by atoms with E-state index in [-0.39, 0.29) is 11.8 Å². The number of rotatable bonds is 8. The zero-order valence-corrected chi connectivity index (χ0v) is 16.0. The van der Waals surface area contributed by atoms with Crippen LogP contribution < -0.4 is 10.1 Å². The summed E-state index contributed by atoms with van der Waals surface area (Å²) in [5.74, 6) is 1.20. The van der Waals surface area contributed by atoms with Crippen LogP contribution in [-0.2, 0) is 16.0 Å². The molecule has 1 aromatic carbocycles. The largest absolute Gasteiger partial charge is 0.497 e. The molecule has 1 heterocycles. The van der Waals surface area contributed by atoms with Crippen LogP contribution in [0.15, 0.2) is 24.3 Å². The van der Waals surface area contributed by atoms with E-state index in [9.17, 15) is 9.59 Å². The van der Waals surface area contributed by atoms with Crippen molar-refractivity contribution < 1.29 is 14.3 Å². The average molecular weight is 361 g/mol. The van der Waals surface area contributed by atoms with Crippen LogP contribution in [0, 0.1) is 0 Å². The molecule has 26 heavy (non-hydrogen) atoms. The SMILES string of the molecule is CNCCCC(=O)N1CCCN(C(=O)CCc2ccc(OC)cc2)CC1. The second-order valence-electron chi connectivity index (χ2n) is 6.67. The first-order valence-corrected chi connectivity index (χ1v) is 9.47. The number of ether oxygens (including phenoxy) is 1. The summed E-state index contributed by atoms with van der Waals surface area (Å²) >= 11 is 0. The molecular weight excluding hydrogens is 330 g/mol. The van der Waals surface area contributed by atoms with Gasteiger partial charge >= 0.3 is 0 Å². The number of nitrogens with one attached hydrogen (secondary N) is 1. The van der Waals surface area contributed by atoms with Crippen molar-refractivity contribution in [1.82, 2.24) is 15.1 Å². The molecule has 0 radical (unpaired) electrons. The van der Waals surface area contributed by atoms with Crippen LogP contribution >= 0.6 is 0 Å². The Morgan fingerprint density at radius 1 is 1.00 bits per heavy atom. The smallest absolute Gasteiger partial charge is 0.222 e. The van der Waals surface area contributed by atoms with E-state index in [1.807, 2.05) is 41.1 Å². The van der Waals surface area contributed by atoms with Crippen LogP contribution in [-0.4, -0.2) is 68.5 Å². The van der Waals surface area contributed by atoms with Gasteiger partial charge < -0.3 is 19.9 Å². The van der Waals surface area contributed by atoms with E-state index in [2.05, 4.69) is 5.32 Å². The molecule has 0 bridgehead atoms. The third-order valence-corrected chi connectivity index (χ3v) is 4.81. The second-order valence-corrected chi connectivity index (χ2v) is 6.67. The molecule has 0 spiro atoms. The number of hydrogen-bond acceptors (Lipinski definition) is 4. The Morgan fingerprint density at radius 3 is 2.19 bits per heavy atom.